The first-order valence-corrected chi connectivity index (χ1v) is 31.9. The molecular formula is C62H142Br2N4S2. The lowest BCUT2D eigenvalue weighted by molar-refractivity contribution is 0.585. The van der Waals surface area contributed by atoms with Crippen LogP contribution in [0.3, 0.4) is 0 Å². The van der Waals surface area contributed by atoms with Crippen LogP contribution in [0.5, 0.6) is 0 Å². The Labute approximate surface area is 479 Å². The van der Waals surface area contributed by atoms with E-state index < -0.39 is 0 Å². The Kier molecular flexibility index (Phi) is 146. The Hall–Kier alpha value is 0.340. The highest BCUT2D eigenvalue weighted by atomic mass is 79.9. The summed E-state index contributed by atoms with van der Waals surface area (Å²) in [6.07, 6.45) is 68.8. The fourth-order valence-corrected chi connectivity index (χ4v) is 7.24. The molecule has 0 heterocycles. The SMILES string of the molecule is Br.Br.CCCCCCCCCC.CCCCCCCCCC.CCCCCCCCCC.CCCCCCCCCC.CCCCCCCCCC.CCCCCCCCCC.NC(N)=S.NC(N)=S. The van der Waals surface area contributed by atoms with Crippen LogP contribution >= 0.6 is 58.4 Å². The smallest absolute Gasteiger partial charge is 0.160 e. The molecule has 0 atom stereocenters. The Morgan fingerprint density at radius 1 is 0.171 bits per heavy atom. The van der Waals surface area contributed by atoms with Gasteiger partial charge in [0.1, 0.15) is 0 Å². The van der Waals surface area contributed by atoms with Crippen molar-refractivity contribution in [1.82, 2.24) is 0 Å². The Morgan fingerprint density at radius 2 is 0.214 bits per heavy atom. The number of hydrogen-bond acceptors (Lipinski definition) is 2. The second kappa shape index (κ2) is 110. The van der Waals surface area contributed by atoms with E-state index in [0.717, 1.165) is 0 Å². The maximum Gasteiger partial charge on any atom is 0.160 e. The van der Waals surface area contributed by atoms with E-state index in [1.807, 2.05) is 0 Å². The van der Waals surface area contributed by atoms with Gasteiger partial charge >= 0.3 is 0 Å². The molecule has 0 saturated heterocycles. The zero-order valence-corrected chi connectivity index (χ0v) is 55.9. The van der Waals surface area contributed by atoms with Gasteiger partial charge in [-0.1, -0.05) is 391 Å². The number of hydrogen-bond donors (Lipinski definition) is 4. The van der Waals surface area contributed by atoms with Crippen molar-refractivity contribution in [1.29, 1.82) is 0 Å². The van der Waals surface area contributed by atoms with Crippen molar-refractivity contribution in [3.05, 3.63) is 0 Å². The summed E-state index contributed by atoms with van der Waals surface area (Å²) in [5.74, 6) is 0. The molecule has 8 N–H and O–H groups in total. The molecule has 0 aromatic heterocycles. The summed E-state index contributed by atoms with van der Waals surface area (Å²) < 4.78 is 0. The van der Waals surface area contributed by atoms with Crippen LogP contribution in [0.25, 0.3) is 0 Å². The van der Waals surface area contributed by atoms with Gasteiger partial charge in [-0.2, -0.15) is 0 Å². The first kappa shape index (κ1) is 92.9. The number of nitrogens with two attached hydrogens (primary N) is 4. The average molecular weight is 1170 g/mol. The first-order chi connectivity index (χ1) is 32.9. The van der Waals surface area contributed by atoms with E-state index in [4.69, 9.17) is 0 Å². The number of thiocarbonyl (C=S) groups is 2. The van der Waals surface area contributed by atoms with Gasteiger partial charge in [0.25, 0.3) is 0 Å². The normalized spacial score (nSPS) is 9.43. The Balaban J connectivity index is -0.0000000743. The molecule has 0 aromatic carbocycles. The predicted octanol–water partition coefficient (Wildman–Crippen LogP) is 24.4. The third-order valence-electron chi connectivity index (χ3n) is 11.7. The molecule has 70 heavy (non-hydrogen) atoms. The summed E-state index contributed by atoms with van der Waals surface area (Å²) in [6, 6.07) is 0. The molecule has 436 valence electrons. The van der Waals surface area contributed by atoms with E-state index in [1.165, 1.54) is 308 Å². The minimum Gasteiger partial charge on any atom is -0.377 e. The minimum absolute atomic E-state index is 0. The van der Waals surface area contributed by atoms with Gasteiger partial charge in [0, 0.05) is 0 Å². The minimum atomic E-state index is 0. The molecule has 0 unspecified atom stereocenters. The second-order valence-electron chi connectivity index (χ2n) is 19.5. The molecule has 0 amide bonds. The summed E-state index contributed by atoms with van der Waals surface area (Å²) in [4.78, 5) is 0. The maximum absolute atomic E-state index is 4.62. The molecule has 0 fully saturated rings. The molecule has 0 aliphatic carbocycles. The number of halogens is 2. The van der Waals surface area contributed by atoms with Crippen molar-refractivity contribution >= 4 is 68.6 Å². The van der Waals surface area contributed by atoms with Crippen molar-refractivity contribution in [3.8, 4) is 0 Å². The molecular weight excluding hydrogens is 1020 g/mol. The van der Waals surface area contributed by atoms with Gasteiger partial charge in [-0.3, -0.25) is 0 Å². The molecule has 4 nitrogen and oxygen atoms in total. The molecule has 0 aromatic rings. The molecule has 8 heteroatoms. The summed E-state index contributed by atoms with van der Waals surface area (Å²) >= 11 is 8.19. The quantitative estimate of drug-likeness (QED) is 0.0359. The first-order valence-electron chi connectivity index (χ1n) is 31.0. The van der Waals surface area contributed by atoms with Crippen molar-refractivity contribution < 1.29 is 0 Å². The van der Waals surface area contributed by atoms with Crippen LogP contribution in [0.4, 0.5) is 0 Å². The lowest BCUT2D eigenvalue weighted by atomic mass is 10.1. The van der Waals surface area contributed by atoms with Gasteiger partial charge < -0.3 is 22.9 Å². The molecule has 0 aliphatic rings. The van der Waals surface area contributed by atoms with Gasteiger partial charge in [0.05, 0.1) is 0 Å². The second-order valence-corrected chi connectivity index (χ2v) is 20.5. The molecule has 0 radical (unpaired) electrons. The predicted molar refractivity (Wildman–Crippen MR) is 352 cm³/mol. The van der Waals surface area contributed by atoms with Crippen molar-refractivity contribution in [2.75, 3.05) is 0 Å². The third kappa shape index (κ3) is 173. The lowest BCUT2D eigenvalue weighted by Crippen LogP contribution is -2.18. The maximum atomic E-state index is 4.62. The van der Waals surface area contributed by atoms with Gasteiger partial charge in [-0.15, -0.1) is 34.0 Å². The fraction of sp³-hybridized carbons (Fsp3) is 0.968. The third-order valence-corrected chi connectivity index (χ3v) is 11.7. The fourth-order valence-electron chi connectivity index (χ4n) is 7.24. The zero-order valence-electron chi connectivity index (χ0n) is 50.9. The highest BCUT2D eigenvalue weighted by Crippen LogP contribution is 2.11. The number of rotatable bonds is 42. The number of unbranched alkanes of at least 4 members (excludes halogenated alkanes) is 42. The van der Waals surface area contributed by atoms with Gasteiger partial charge in [-0.05, 0) is 24.4 Å². The van der Waals surface area contributed by atoms with Gasteiger partial charge in [0.2, 0.25) is 0 Å². The topological polar surface area (TPSA) is 104 Å². The van der Waals surface area contributed by atoms with Crippen molar-refractivity contribution in [3.63, 3.8) is 0 Å². The molecule has 0 aliphatic heterocycles. The summed E-state index contributed by atoms with van der Waals surface area (Å²) in [7, 11) is 0. The van der Waals surface area contributed by atoms with E-state index in [0.29, 0.717) is 0 Å². The Bertz CT molecular complexity index is 557. The van der Waals surface area contributed by atoms with Crippen LogP contribution in [0.15, 0.2) is 0 Å². The molecule has 0 rings (SSSR count). The van der Waals surface area contributed by atoms with Crippen molar-refractivity contribution in [2.24, 2.45) is 22.9 Å². The summed E-state index contributed by atoms with van der Waals surface area (Å²) in [5.41, 5.74) is 18.5. The van der Waals surface area contributed by atoms with E-state index >= 15 is 0 Å². The highest BCUT2D eigenvalue weighted by Gasteiger charge is 1.92. The van der Waals surface area contributed by atoms with E-state index in [1.54, 1.807) is 0 Å². The van der Waals surface area contributed by atoms with Gasteiger partial charge in [0.15, 0.2) is 10.2 Å². The van der Waals surface area contributed by atoms with Crippen LogP contribution in [-0.4, -0.2) is 10.2 Å². The van der Waals surface area contributed by atoms with Crippen LogP contribution < -0.4 is 22.9 Å². The monoisotopic (exact) mass is 1160 g/mol. The zero-order chi connectivity index (χ0) is 53.1. The van der Waals surface area contributed by atoms with E-state index in [9.17, 15) is 0 Å². The van der Waals surface area contributed by atoms with E-state index in [-0.39, 0.29) is 44.2 Å². The molecule has 0 spiro atoms. The van der Waals surface area contributed by atoms with Crippen LogP contribution in [0.1, 0.15) is 391 Å². The molecule has 0 saturated carbocycles. The van der Waals surface area contributed by atoms with Crippen LogP contribution in [0.2, 0.25) is 0 Å². The van der Waals surface area contributed by atoms with Crippen molar-refractivity contribution in [2.45, 2.75) is 391 Å². The largest absolute Gasteiger partial charge is 0.377 e. The summed E-state index contributed by atoms with van der Waals surface area (Å²) in [6.45, 7) is 27.2. The standard InChI is InChI=1S/6C10H22.2CH4N2S.2BrH/c6*1-3-5-7-9-10-8-6-4-2;2*2-1(3)4;;/h6*3-10H2,1-2H3;2*(H4,2,3,4);2*1H. The summed E-state index contributed by atoms with van der Waals surface area (Å²) in [5, 5.41) is 0.000000000000000444. The Morgan fingerprint density at radius 3 is 0.257 bits per heavy atom. The van der Waals surface area contributed by atoms with Crippen LogP contribution in [0, 0.1) is 0 Å². The van der Waals surface area contributed by atoms with Gasteiger partial charge in [-0.25, -0.2) is 0 Å². The molecule has 0 bridgehead atoms. The van der Waals surface area contributed by atoms with Crippen LogP contribution in [-0.2, 0) is 0 Å². The van der Waals surface area contributed by atoms with E-state index in [2.05, 4.69) is 130 Å². The average Bonchev–Trinajstić information content (AvgIpc) is 3.31. The highest BCUT2D eigenvalue weighted by molar-refractivity contribution is 8.93. The lowest BCUT2D eigenvalue weighted by Gasteiger charge is -1.97.